The second kappa shape index (κ2) is 14.1. The maximum atomic E-state index is 5.53. The number of imidazole rings is 1. The summed E-state index contributed by atoms with van der Waals surface area (Å²) >= 11 is 0. The van der Waals surface area contributed by atoms with E-state index in [1.54, 1.807) is 0 Å². The summed E-state index contributed by atoms with van der Waals surface area (Å²) in [7, 11) is 0. The van der Waals surface area contributed by atoms with E-state index in [0.29, 0.717) is 17.5 Å². The zero-order valence-corrected chi connectivity index (χ0v) is 32.8. The first-order valence-corrected chi connectivity index (χ1v) is 20.4. The number of nitrogens with zero attached hydrogens (tertiary/aromatic N) is 7. The van der Waals surface area contributed by atoms with E-state index >= 15 is 0 Å². The molecule has 0 saturated heterocycles. The monoisotopic (exact) mass is 781 g/mol. The van der Waals surface area contributed by atoms with Crippen molar-refractivity contribution in [1.82, 2.24) is 33.6 Å². The SMILES string of the molecule is c1ccc(-c2nc(-c3ccccc3)nc(-c3cccc(-n4c5ccccc5c5c6c7c(nc(-c8ccccc8)n7-c7ccccc7)n(-c7ccccc7)c6ccc54)c3)n2)cc1. The number of hydrogen-bond donors (Lipinski definition) is 0. The van der Waals surface area contributed by atoms with Crippen molar-refractivity contribution in [3.63, 3.8) is 0 Å². The van der Waals surface area contributed by atoms with Crippen LogP contribution in [-0.2, 0) is 0 Å². The lowest BCUT2D eigenvalue weighted by Crippen LogP contribution is -2.01. The molecule has 0 unspecified atom stereocenters. The number of hydrogen-bond acceptors (Lipinski definition) is 4. The van der Waals surface area contributed by atoms with Crippen LogP contribution >= 0.6 is 0 Å². The molecule has 0 atom stereocenters. The van der Waals surface area contributed by atoms with Gasteiger partial charge in [0.2, 0.25) is 0 Å². The molecule has 0 saturated carbocycles. The van der Waals surface area contributed by atoms with E-state index < -0.39 is 0 Å². The van der Waals surface area contributed by atoms with Crippen molar-refractivity contribution in [3.8, 4) is 62.6 Å². The fourth-order valence-electron chi connectivity index (χ4n) is 8.83. The van der Waals surface area contributed by atoms with Crippen molar-refractivity contribution < 1.29 is 0 Å². The Bertz CT molecular complexity index is 3500. The van der Waals surface area contributed by atoms with E-state index in [2.05, 4.69) is 165 Å². The largest absolute Gasteiger partial charge is 0.309 e. The van der Waals surface area contributed by atoms with Gasteiger partial charge in [0.1, 0.15) is 11.3 Å². The van der Waals surface area contributed by atoms with Gasteiger partial charge in [-0.3, -0.25) is 9.13 Å². The Morgan fingerprint density at radius 3 is 1.36 bits per heavy atom. The highest BCUT2D eigenvalue weighted by atomic mass is 15.2. The molecule has 0 bridgehead atoms. The van der Waals surface area contributed by atoms with Crippen LogP contribution in [-0.4, -0.2) is 33.6 Å². The Balaban J connectivity index is 1.15. The molecule has 12 rings (SSSR count). The minimum absolute atomic E-state index is 0.611. The predicted octanol–water partition coefficient (Wildman–Crippen LogP) is 12.9. The van der Waals surface area contributed by atoms with Crippen molar-refractivity contribution in [1.29, 1.82) is 0 Å². The summed E-state index contributed by atoms with van der Waals surface area (Å²) in [4.78, 5) is 20.6. The van der Waals surface area contributed by atoms with Crippen LogP contribution in [0.15, 0.2) is 212 Å². The molecule has 0 fully saturated rings. The Morgan fingerprint density at radius 1 is 0.295 bits per heavy atom. The molecule has 8 aromatic carbocycles. The van der Waals surface area contributed by atoms with Crippen LogP contribution in [0.5, 0.6) is 0 Å². The van der Waals surface area contributed by atoms with Crippen LogP contribution in [0.3, 0.4) is 0 Å². The van der Waals surface area contributed by atoms with Crippen LogP contribution in [0.1, 0.15) is 0 Å². The van der Waals surface area contributed by atoms with Gasteiger partial charge in [-0.2, -0.15) is 0 Å². The van der Waals surface area contributed by atoms with Gasteiger partial charge in [0, 0.05) is 55.5 Å². The van der Waals surface area contributed by atoms with E-state index in [0.717, 1.165) is 89.0 Å². The van der Waals surface area contributed by atoms with Gasteiger partial charge in [-0.05, 0) is 54.6 Å². The predicted molar refractivity (Wildman–Crippen MR) is 247 cm³/mol. The van der Waals surface area contributed by atoms with Gasteiger partial charge in [0.05, 0.1) is 16.6 Å². The molecule has 61 heavy (non-hydrogen) atoms. The Labute approximate surface area is 351 Å². The van der Waals surface area contributed by atoms with Gasteiger partial charge in [-0.15, -0.1) is 0 Å². The van der Waals surface area contributed by atoms with Crippen LogP contribution in [0.2, 0.25) is 0 Å². The first-order valence-electron chi connectivity index (χ1n) is 20.4. The summed E-state index contributed by atoms with van der Waals surface area (Å²) in [6, 6.07) is 73.7. The first kappa shape index (κ1) is 34.6. The van der Waals surface area contributed by atoms with Gasteiger partial charge >= 0.3 is 0 Å². The average molecular weight is 782 g/mol. The van der Waals surface area contributed by atoms with Crippen molar-refractivity contribution in [3.05, 3.63) is 212 Å². The first-order chi connectivity index (χ1) is 30.3. The smallest absolute Gasteiger partial charge is 0.165 e. The summed E-state index contributed by atoms with van der Waals surface area (Å²) in [5.41, 5.74) is 12.1. The molecule has 0 aliphatic carbocycles. The number of fused-ring (bicyclic) bond motifs is 7. The topological polar surface area (TPSA) is 66.3 Å². The second-order valence-corrected chi connectivity index (χ2v) is 15.1. The maximum absolute atomic E-state index is 5.53. The quantitative estimate of drug-likeness (QED) is 0.161. The van der Waals surface area contributed by atoms with Crippen molar-refractivity contribution in [2.24, 2.45) is 0 Å². The van der Waals surface area contributed by atoms with Crippen molar-refractivity contribution in [2.45, 2.75) is 0 Å². The van der Waals surface area contributed by atoms with Crippen LogP contribution < -0.4 is 0 Å². The van der Waals surface area contributed by atoms with Crippen molar-refractivity contribution >= 4 is 43.9 Å². The fraction of sp³-hybridized carbons (Fsp3) is 0. The van der Waals surface area contributed by atoms with E-state index in [1.165, 1.54) is 0 Å². The molecular weight excluding hydrogens is 747 g/mol. The molecule has 4 heterocycles. The number of rotatable bonds is 7. The van der Waals surface area contributed by atoms with Gasteiger partial charge in [-0.1, -0.05) is 158 Å². The fourth-order valence-corrected chi connectivity index (χ4v) is 8.83. The normalized spacial score (nSPS) is 11.6. The highest BCUT2D eigenvalue weighted by Crippen LogP contribution is 2.44. The molecule has 0 amide bonds. The number of aromatic nitrogens is 7. The Hall–Kier alpha value is -8.42. The van der Waals surface area contributed by atoms with Crippen LogP contribution in [0.4, 0.5) is 0 Å². The second-order valence-electron chi connectivity index (χ2n) is 15.1. The molecule has 7 heteroatoms. The molecule has 286 valence electrons. The van der Waals surface area contributed by atoms with Crippen LogP contribution in [0, 0.1) is 0 Å². The molecule has 0 aliphatic heterocycles. The van der Waals surface area contributed by atoms with E-state index in [-0.39, 0.29) is 0 Å². The zero-order valence-electron chi connectivity index (χ0n) is 32.8. The molecule has 0 aliphatic rings. The lowest BCUT2D eigenvalue weighted by atomic mass is 10.1. The summed E-state index contributed by atoms with van der Waals surface area (Å²) in [5.74, 6) is 2.76. The van der Waals surface area contributed by atoms with Gasteiger partial charge in [0.25, 0.3) is 0 Å². The summed E-state index contributed by atoms with van der Waals surface area (Å²) in [5, 5.41) is 3.45. The third-order valence-corrected chi connectivity index (χ3v) is 11.5. The highest BCUT2D eigenvalue weighted by molar-refractivity contribution is 6.28. The molecule has 0 spiro atoms. The number of benzene rings is 8. The van der Waals surface area contributed by atoms with E-state index in [1.807, 2.05) is 60.7 Å². The third-order valence-electron chi connectivity index (χ3n) is 11.5. The minimum Gasteiger partial charge on any atom is -0.309 e. The lowest BCUT2D eigenvalue weighted by molar-refractivity contribution is 1.07. The maximum Gasteiger partial charge on any atom is 0.165 e. The molecular formula is C54H35N7. The molecule has 0 radical (unpaired) electrons. The van der Waals surface area contributed by atoms with E-state index in [9.17, 15) is 0 Å². The third kappa shape index (κ3) is 5.67. The zero-order chi connectivity index (χ0) is 40.3. The van der Waals surface area contributed by atoms with Gasteiger partial charge in [0.15, 0.2) is 23.1 Å². The molecule has 7 nitrogen and oxygen atoms in total. The van der Waals surface area contributed by atoms with Gasteiger partial charge in [-0.25, -0.2) is 19.9 Å². The summed E-state index contributed by atoms with van der Waals surface area (Å²) in [6.07, 6.45) is 0. The number of para-hydroxylation sites is 3. The Morgan fingerprint density at radius 2 is 0.754 bits per heavy atom. The summed E-state index contributed by atoms with van der Waals surface area (Å²) in [6.45, 7) is 0. The minimum atomic E-state index is 0.611. The van der Waals surface area contributed by atoms with Crippen molar-refractivity contribution in [2.75, 3.05) is 0 Å². The average Bonchev–Trinajstić information content (AvgIpc) is 4.00. The molecule has 0 N–H and O–H groups in total. The lowest BCUT2D eigenvalue weighted by Gasteiger charge is -2.12. The van der Waals surface area contributed by atoms with Crippen LogP contribution in [0.25, 0.3) is 106 Å². The standard InChI is InChI=1S/C54H35N7/c1-6-19-36(20-7-1)50-55-51(37-21-8-2-9-22-37)57-52(56-50)39-25-18-30-42(35-39)59-44-32-17-16-31-43(44)47-45(59)33-34-46-48(47)49-54(60(46)40-26-12-4-13-27-40)58-53(38-23-10-3-11-24-38)61(49)41-28-14-5-15-29-41/h1-35H. The molecule has 12 aromatic rings. The van der Waals surface area contributed by atoms with E-state index in [4.69, 9.17) is 19.9 Å². The van der Waals surface area contributed by atoms with Gasteiger partial charge < -0.3 is 4.57 Å². The molecule has 4 aromatic heterocycles. The summed E-state index contributed by atoms with van der Waals surface area (Å²) < 4.78 is 7.03. The highest BCUT2D eigenvalue weighted by Gasteiger charge is 2.27. The Kier molecular flexibility index (Phi) is 8.03.